The van der Waals surface area contributed by atoms with Gasteiger partial charge in [0.15, 0.2) is 0 Å². The Balaban J connectivity index is 2.86. The van der Waals surface area contributed by atoms with Crippen LogP contribution in [0.25, 0.3) is 0 Å². The van der Waals surface area contributed by atoms with E-state index >= 15 is 0 Å². The van der Waals surface area contributed by atoms with Crippen LogP contribution in [0.3, 0.4) is 0 Å². The van der Waals surface area contributed by atoms with Gasteiger partial charge in [0.25, 0.3) is 0 Å². The SMILES string of the molecule is Cn1ncc(C#CCC#N)c1N. The van der Waals surface area contributed by atoms with Crippen molar-refractivity contribution < 1.29 is 0 Å². The Morgan fingerprint density at radius 2 is 2.50 bits per heavy atom. The molecule has 0 aromatic carbocycles. The van der Waals surface area contributed by atoms with Crippen LogP contribution in [0, 0.1) is 23.2 Å². The number of hydrogen-bond acceptors (Lipinski definition) is 3. The van der Waals surface area contributed by atoms with Gasteiger partial charge in [-0.25, -0.2) is 0 Å². The van der Waals surface area contributed by atoms with Crippen LogP contribution >= 0.6 is 0 Å². The van der Waals surface area contributed by atoms with Gasteiger partial charge in [0.2, 0.25) is 0 Å². The van der Waals surface area contributed by atoms with E-state index in [0.717, 1.165) is 0 Å². The molecule has 0 aliphatic heterocycles. The molecule has 0 radical (unpaired) electrons. The fraction of sp³-hybridized carbons (Fsp3) is 0.250. The highest BCUT2D eigenvalue weighted by atomic mass is 15.3. The van der Waals surface area contributed by atoms with Crippen LogP contribution < -0.4 is 5.73 Å². The first kappa shape index (κ1) is 8.16. The van der Waals surface area contributed by atoms with Crippen LogP contribution in [0.2, 0.25) is 0 Å². The lowest BCUT2D eigenvalue weighted by Gasteiger charge is -1.91. The van der Waals surface area contributed by atoms with E-state index in [2.05, 4.69) is 16.9 Å². The standard InChI is InChI=1S/C8H8N4/c1-12-8(10)7(6-11-12)4-2-3-5-9/h6H,3,10H2,1H3. The molecule has 4 nitrogen and oxygen atoms in total. The van der Waals surface area contributed by atoms with Crippen molar-refractivity contribution in [2.45, 2.75) is 6.42 Å². The number of aromatic nitrogens is 2. The molecule has 2 N–H and O–H groups in total. The predicted octanol–water partition coefficient (Wildman–Crippen LogP) is 0.267. The molecule has 12 heavy (non-hydrogen) atoms. The first-order valence-corrected chi connectivity index (χ1v) is 3.39. The summed E-state index contributed by atoms with van der Waals surface area (Å²) < 4.78 is 1.54. The number of nitrogen functional groups attached to an aromatic ring is 1. The molecule has 0 saturated heterocycles. The van der Waals surface area contributed by atoms with Crippen LogP contribution in [0.15, 0.2) is 6.20 Å². The Morgan fingerprint density at radius 3 is 3.00 bits per heavy atom. The van der Waals surface area contributed by atoms with Crippen molar-refractivity contribution in [1.82, 2.24) is 9.78 Å². The average Bonchev–Trinajstić information content (AvgIpc) is 2.36. The summed E-state index contributed by atoms with van der Waals surface area (Å²) in [7, 11) is 1.74. The number of rotatable bonds is 0. The normalized spacial score (nSPS) is 8.33. The summed E-state index contributed by atoms with van der Waals surface area (Å²) in [5.74, 6) is 5.94. The van der Waals surface area contributed by atoms with Crippen molar-refractivity contribution >= 4 is 5.82 Å². The number of hydrogen-bond donors (Lipinski definition) is 1. The Kier molecular flexibility index (Phi) is 2.35. The van der Waals surface area contributed by atoms with E-state index in [1.54, 1.807) is 13.2 Å². The largest absolute Gasteiger partial charge is 0.383 e. The van der Waals surface area contributed by atoms with Crippen LogP contribution in [-0.4, -0.2) is 9.78 Å². The van der Waals surface area contributed by atoms with Gasteiger partial charge >= 0.3 is 0 Å². The van der Waals surface area contributed by atoms with Crippen LogP contribution in [0.5, 0.6) is 0 Å². The van der Waals surface area contributed by atoms with Crippen LogP contribution in [0.4, 0.5) is 5.82 Å². The lowest BCUT2D eigenvalue weighted by Crippen LogP contribution is -1.98. The molecule has 0 unspecified atom stereocenters. The monoisotopic (exact) mass is 160 g/mol. The third-order valence-electron chi connectivity index (χ3n) is 1.38. The second-order valence-corrected chi connectivity index (χ2v) is 2.20. The van der Waals surface area contributed by atoms with E-state index in [1.807, 2.05) is 6.07 Å². The zero-order valence-corrected chi connectivity index (χ0v) is 6.70. The zero-order valence-electron chi connectivity index (χ0n) is 6.70. The number of nitrogens with two attached hydrogens (primary N) is 1. The number of nitrogens with zero attached hydrogens (tertiary/aromatic N) is 3. The molecular formula is C8H8N4. The smallest absolute Gasteiger partial charge is 0.137 e. The first-order chi connectivity index (χ1) is 5.75. The van der Waals surface area contributed by atoms with Crippen molar-refractivity contribution in [3.05, 3.63) is 11.8 Å². The number of nitriles is 1. The van der Waals surface area contributed by atoms with E-state index < -0.39 is 0 Å². The lowest BCUT2D eigenvalue weighted by molar-refractivity contribution is 0.779. The summed E-state index contributed by atoms with van der Waals surface area (Å²) in [5, 5.41) is 12.1. The zero-order chi connectivity index (χ0) is 8.97. The van der Waals surface area contributed by atoms with Gasteiger partial charge in [0, 0.05) is 7.05 Å². The van der Waals surface area contributed by atoms with Crippen molar-refractivity contribution in [1.29, 1.82) is 5.26 Å². The van der Waals surface area contributed by atoms with Crippen LogP contribution in [0.1, 0.15) is 12.0 Å². The molecule has 60 valence electrons. The summed E-state index contributed by atoms with van der Waals surface area (Å²) in [6.45, 7) is 0. The molecule has 0 aliphatic rings. The Bertz CT molecular complexity index is 372. The highest BCUT2D eigenvalue weighted by molar-refractivity contribution is 5.50. The topological polar surface area (TPSA) is 67.6 Å². The molecule has 1 aromatic heterocycles. The summed E-state index contributed by atoms with van der Waals surface area (Å²) in [4.78, 5) is 0. The van der Waals surface area contributed by atoms with E-state index in [1.165, 1.54) is 4.68 Å². The lowest BCUT2D eigenvalue weighted by atomic mass is 10.3. The molecule has 1 rings (SSSR count). The van der Waals surface area contributed by atoms with E-state index in [4.69, 9.17) is 11.0 Å². The Labute approximate surface area is 70.6 Å². The van der Waals surface area contributed by atoms with Gasteiger partial charge in [-0.15, -0.1) is 0 Å². The maximum atomic E-state index is 8.21. The summed E-state index contributed by atoms with van der Waals surface area (Å²) >= 11 is 0. The van der Waals surface area contributed by atoms with Crippen molar-refractivity contribution in [3.8, 4) is 17.9 Å². The second kappa shape index (κ2) is 3.45. The maximum absolute atomic E-state index is 8.21. The predicted molar refractivity (Wildman–Crippen MR) is 44.7 cm³/mol. The minimum Gasteiger partial charge on any atom is -0.383 e. The Morgan fingerprint density at radius 1 is 1.75 bits per heavy atom. The highest BCUT2D eigenvalue weighted by Crippen LogP contribution is 2.06. The first-order valence-electron chi connectivity index (χ1n) is 3.39. The molecule has 0 aliphatic carbocycles. The molecule has 0 amide bonds. The molecule has 4 heteroatoms. The van der Waals surface area contributed by atoms with Gasteiger partial charge in [-0.2, -0.15) is 10.4 Å². The van der Waals surface area contributed by atoms with Gasteiger partial charge in [0.1, 0.15) is 5.82 Å². The molecule has 0 spiro atoms. The van der Waals surface area contributed by atoms with Crippen molar-refractivity contribution in [3.63, 3.8) is 0 Å². The molecule has 1 heterocycles. The minimum atomic E-state index is 0.217. The fourth-order valence-corrected chi connectivity index (χ4v) is 0.722. The van der Waals surface area contributed by atoms with E-state index in [-0.39, 0.29) is 6.42 Å². The molecule has 0 saturated carbocycles. The van der Waals surface area contributed by atoms with Crippen molar-refractivity contribution in [2.24, 2.45) is 7.05 Å². The molecular weight excluding hydrogens is 152 g/mol. The second-order valence-electron chi connectivity index (χ2n) is 2.20. The third-order valence-corrected chi connectivity index (χ3v) is 1.38. The molecule has 0 fully saturated rings. The molecule has 0 bridgehead atoms. The minimum absolute atomic E-state index is 0.217. The van der Waals surface area contributed by atoms with Gasteiger partial charge in [-0.3, -0.25) is 4.68 Å². The maximum Gasteiger partial charge on any atom is 0.137 e. The van der Waals surface area contributed by atoms with Crippen molar-refractivity contribution in [2.75, 3.05) is 5.73 Å². The number of aryl methyl sites for hydroxylation is 1. The van der Waals surface area contributed by atoms with E-state index in [9.17, 15) is 0 Å². The van der Waals surface area contributed by atoms with Gasteiger partial charge in [-0.1, -0.05) is 11.8 Å². The quantitative estimate of drug-likeness (QED) is 0.554. The summed E-state index contributed by atoms with van der Waals surface area (Å²) in [5.41, 5.74) is 6.27. The van der Waals surface area contributed by atoms with Gasteiger partial charge < -0.3 is 5.73 Å². The summed E-state index contributed by atoms with van der Waals surface area (Å²) in [6, 6.07) is 1.92. The molecule has 1 aromatic rings. The molecule has 0 atom stereocenters. The Hall–Kier alpha value is -1.94. The average molecular weight is 160 g/mol. The van der Waals surface area contributed by atoms with Gasteiger partial charge in [0.05, 0.1) is 24.3 Å². The highest BCUT2D eigenvalue weighted by Gasteiger charge is 1.98. The summed E-state index contributed by atoms with van der Waals surface area (Å²) in [6.07, 6.45) is 1.80. The van der Waals surface area contributed by atoms with Crippen LogP contribution in [-0.2, 0) is 7.05 Å². The van der Waals surface area contributed by atoms with Gasteiger partial charge in [-0.05, 0) is 0 Å². The fourth-order valence-electron chi connectivity index (χ4n) is 0.722. The third kappa shape index (κ3) is 1.56. The number of anilines is 1. The van der Waals surface area contributed by atoms with E-state index in [0.29, 0.717) is 11.4 Å².